The van der Waals surface area contributed by atoms with Crippen LogP contribution in [-0.2, 0) is 22.7 Å². The zero-order valence-corrected chi connectivity index (χ0v) is 19.2. The summed E-state index contributed by atoms with van der Waals surface area (Å²) in [5.41, 5.74) is 2.17. The van der Waals surface area contributed by atoms with E-state index in [1.165, 1.54) is 6.20 Å². The average Bonchev–Trinajstić information content (AvgIpc) is 3.52. The zero-order valence-electron chi connectivity index (χ0n) is 19.2. The number of amides is 1. The lowest BCUT2D eigenvalue weighted by Gasteiger charge is -2.26. The number of nitrogens with one attached hydrogen (secondary N) is 1. The highest BCUT2D eigenvalue weighted by Crippen LogP contribution is 2.29. The van der Waals surface area contributed by atoms with Crippen molar-refractivity contribution < 1.29 is 23.5 Å². The van der Waals surface area contributed by atoms with Crippen molar-refractivity contribution >= 4 is 22.3 Å². The highest BCUT2D eigenvalue weighted by atomic mass is 16.5. The summed E-state index contributed by atoms with van der Waals surface area (Å²) in [5, 5.41) is 21.8. The fraction of sp³-hybridized carbons (Fsp3) is 0.250. The molecule has 12 heteroatoms. The molecule has 0 bridgehead atoms. The Labute approximate surface area is 204 Å². The summed E-state index contributed by atoms with van der Waals surface area (Å²) < 4.78 is 23.1. The molecule has 1 fully saturated rings. The van der Waals surface area contributed by atoms with E-state index >= 15 is 0 Å². The van der Waals surface area contributed by atoms with Crippen molar-refractivity contribution in [1.29, 1.82) is 0 Å². The molecule has 4 aromatic heterocycles. The van der Waals surface area contributed by atoms with Gasteiger partial charge >= 0.3 is 0 Å². The minimum Gasteiger partial charge on any atom is -0.470 e. The van der Waals surface area contributed by atoms with Crippen LogP contribution in [0.1, 0.15) is 21.8 Å². The van der Waals surface area contributed by atoms with Gasteiger partial charge in [0, 0.05) is 30.1 Å². The summed E-state index contributed by atoms with van der Waals surface area (Å²) in [6.45, 7) is 1.52. The average molecular weight is 487 g/mol. The molecule has 5 aromatic rings. The number of fused-ring (bicyclic) bond motifs is 3. The third kappa shape index (κ3) is 4.12. The molecule has 1 aliphatic rings. The van der Waals surface area contributed by atoms with Crippen LogP contribution < -0.4 is 10.1 Å². The van der Waals surface area contributed by atoms with Gasteiger partial charge in [-0.1, -0.05) is 23.4 Å². The predicted molar refractivity (Wildman–Crippen MR) is 125 cm³/mol. The highest BCUT2D eigenvalue weighted by molar-refractivity contribution is 5.97. The Morgan fingerprint density at radius 3 is 2.75 bits per heavy atom. The second-order valence-electron chi connectivity index (χ2n) is 8.26. The summed E-state index contributed by atoms with van der Waals surface area (Å²) in [6.07, 6.45) is 1.53. The molecule has 0 aliphatic carbocycles. The second-order valence-corrected chi connectivity index (χ2v) is 8.26. The molecule has 0 unspecified atom stereocenters. The molecule has 1 saturated heterocycles. The molecule has 36 heavy (non-hydrogen) atoms. The molecule has 0 atom stereocenters. The molecule has 182 valence electrons. The van der Waals surface area contributed by atoms with Gasteiger partial charge in [0.1, 0.15) is 13.2 Å². The summed E-state index contributed by atoms with van der Waals surface area (Å²) in [7, 11) is 1.58. The Morgan fingerprint density at radius 1 is 1.14 bits per heavy atom. The lowest BCUT2D eigenvalue weighted by Crippen LogP contribution is -2.48. The number of ether oxygens (including phenoxy) is 3. The van der Waals surface area contributed by atoms with Gasteiger partial charge in [0.15, 0.2) is 17.1 Å². The first-order valence-corrected chi connectivity index (χ1v) is 11.2. The Kier molecular flexibility index (Phi) is 5.71. The summed E-state index contributed by atoms with van der Waals surface area (Å²) in [6, 6.07) is 12.9. The molecule has 0 saturated carbocycles. The van der Waals surface area contributed by atoms with E-state index in [1.54, 1.807) is 29.8 Å². The molecule has 12 nitrogen and oxygen atoms in total. The number of benzene rings is 1. The van der Waals surface area contributed by atoms with Gasteiger partial charge in [-0.05, 0) is 18.2 Å². The van der Waals surface area contributed by atoms with Crippen molar-refractivity contribution in [3.63, 3.8) is 0 Å². The van der Waals surface area contributed by atoms with E-state index in [1.807, 2.05) is 24.3 Å². The van der Waals surface area contributed by atoms with Gasteiger partial charge in [-0.25, -0.2) is 0 Å². The maximum Gasteiger partial charge on any atom is 0.253 e. The minimum absolute atomic E-state index is 0.0566. The molecular formula is C24H21N7O5. The molecule has 1 amide bonds. The molecule has 1 aromatic carbocycles. The monoisotopic (exact) mass is 487 g/mol. The number of carbonyl (C=O) groups excluding carboxylic acids is 1. The Bertz CT molecular complexity index is 1540. The van der Waals surface area contributed by atoms with Crippen LogP contribution >= 0.6 is 0 Å². The standard InChI is InChI=1S/C24H21N7O5/c1-33-13-17-8-20(30-36-17)22-28-27-21-18-4-2-3-5-19(18)24(29-31(21)22)35-12-15-7-6-14(9-25-15)23(32)26-16-10-34-11-16/h2-9,16H,10-13H2,1H3,(H,26,32). The lowest BCUT2D eigenvalue weighted by molar-refractivity contribution is -0.00347. The van der Waals surface area contributed by atoms with Gasteiger partial charge in [0.05, 0.1) is 30.5 Å². The maximum atomic E-state index is 12.3. The number of pyridine rings is 1. The number of hydrogen-bond donors (Lipinski definition) is 1. The quantitative estimate of drug-likeness (QED) is 0.346. The van der Waals surface area contributed by atoms with Crippen LogP contribution in [0.15, 0.2) is 53.2 Å². The maximum absolute atomic E-state index is 12.3. The summed E-state index contributed by atoms with van der Waals surface area (Å²) in [5.74, 6) is 1.18. The number of nitrogens with zero attached hydrogens (tertiary/aromatic N) is 6. The van der Waals surface area contributed by atoms with E-state index in [4.69, 9.17) is 18.7 Å². The predicted octanol–water partition coefficient (Wildman–Crippen LogP) is 2.18. The lowest BCUT2D eigenvalue weighted by atomic mass is 10.2. The van der Waals surface area contributed by atoms with Crippen molar-refractivity contribution in [1.82, 2.24) is 35.3 Å². The van der Waals surface area contributed by atoms with E-state index < -0.39 is 0 Å². The fourth-order valence-corrected chi connectivity index (χ4v) is 3.82. The zero-order chi connectivity index (χ0) is 24.5. The van der Waals surface area contributed by atoms with Gasteiger partial charge in [-0.3, -0.25) is 9.78 Å². The minimum atomic E-state index is -0.178. The van der Waals surface area contributed by atoms with Crippen LogP contribution in [0, 0.1) is 0 Å². The van der Waals surface area contributed by atoms with Crippen molar-refractivity contribution in [3.8, 4) is 17.4 Å². The Hall–Kier alpha value is -4.42. The number of aromatic nitrogens is 6. The van der Waals surface area contributed by atoms with Gasteiger partial charge in [0.25, 0.3) is 5.91 Å². The van der Waals surface area contributed by atoms with E-state index in [2.05, 4.69) is 30.8 Å². The van der Waals surface area contributed by atoms with Crippen LogP contribution in [0.4, 0.5) is 0 Å². The normalized spacial score (nSPS) is 13.7. The van der Waals surface area contributed by atoms with Crippen LogP contribution in [0.25, 0.3) is 27.9 Å². The van der Waals surface area contributed by atoms with Gasteiger partial charge in [0.2, 0.25) is 11.7 Å². The smallest absolute Gasteiger partial charge is 0.253 e. The van der Waals surface area contributed by atoms with Crippen molar-refractivity contribution in [2.24, 2.45) is 0 Å². The third-order valence-electron chi connectivity index (χ3n) is 5.72. The topological polar surface area (TPSA) is 139 Å². The van der Waals surface area contributed by atoms with Gasteiger partial charge in [-0.2, -0.15) is 4.52 Å². The first-order valence-electron chi connectivity index (χ1n) is 11.2. The van der Waals surface area contributed by atoms with Crippen molar-refractivity contribution in [3.05, 3.63) is 65.7 Å². The molecule has 5 heterocycles. The molecular weight excluding hydrogens is 466 g/mol. The van der Waals surface area contributed by atoms with Crippen LogP contribution in [0.2, 0.25) is 0 Å². The fourth-order valence-electron chi connectivity index (χ4n) is 3.82. The largest absolute Gasteiger partial charge is 0.470 e. The Morgan fingerprint density at radius 2 is 2.00 bits per heavy atom. The SMILES string of the molecule is COCc1cc(-c2nnc3c4ccccc4c(OCc4ccc(C(=O)NC5COC5)cn4)nn23)no1. The molecule has 6 rings (SSSR count). The molecule has 0 radical (unpaired) electrons. The van der Waals surface area contributed by atoms with Crippen LogP contribution in [0.3, 0.4) is 0 Å². The molecule has 1 aliphatic heterocycles. The second kappa shape index (κ2) is 9.32. The highest BCUT2D eigenvalue weighted by Gasteiger charge is 2.21. The van der Waals surface area contributed by atoms with E-state index in [-0.39, 0.29) is 25.2 Å². The first kappa shape index (κ1) is 22.1. The van der Waals surface area contributed by atoms with E-state index in [0.29, 0.717) is 53.3 Å². The summed E-state index contributed by atoms with van der Waals surface area (Å²) in [4.78, 5) is 16.7. The van der Waals surface area contributed by atoms with Gasteiger partial charge in [-0.15, -0.1) is 15.3 Å². The van der Waals surface area contributed by atoms with E-state index in [9.17, 15) is 4.79 Å². The van der Waals surface area contributed by atoms with Gasteiger partial charge < -0.3 is 24.1 Å². The number of rotatable bonds is 8. The number of methoxy groups -OCH3 is 1. The Balaban J connectivity index is 1.27. The summed E-state index contributed by atoms with van der Waals surface area (Å²) >= 11 is 0. The molecule has 0 spiro atoms. The van der Waals surface area contributed by atoms with E-state index in [0.717, 1.165) is 10.8 Å². The first-order chi connectivity index (χ1) is 17.7. The number of carbonyl (C=O) groups is 1. The third-order valence-corrected chi connectivity index (χ3v) is 5.72. The van der Waals surface area contributed by atoms with Crippen molar-refractivity contribution in [2.45, 2.75) is 19.3 Å². The van der Waals surface area contributed by atoms with Crippen LogP contribution in [0.5, 0.6) is 5.88 Å². The van der Waals surface area contributed by atoms with Crippen molar-refractivity contribution in [2.75, 3.05) is 20.3 Å². The number of hydrogen-bond acceptors (Lipinski definition) is 10. The molecule has 1 N–H and O–H groups in total. The van der Waals surface area contributed by atoms with Crippen LogP contribution in [-0.4, -0.2) is 62.2 Å².